The maximum atomic E-state index is 12.5. The number of para-hydroxylation sites is 1. The molecule has 0 radical (unpaired) electrons. The van der Waals surface area contributed by atoms with Crippen molar-refractivity contribution in [3.63, 3.8) is 0 Å². The monoisotopic (exact) mass is 365 g/mol. The Bertz CT molecular complexity index is 890. The van der Waals surface area contributed by atoms with E-state index in [0.717, 1.165) is 5.39 Å². The van der Waals surface area contributed by atoms with Crippen molar-refractivity contribution < 1.29 is 25.5 Å². The normalized spacial score (nSPS) is 13.4. The van der Waals surface area contributed by atoms with Gasteiger partial charge in [-0.25, -0.2) is 0 Å². The molecule has 0 aliphatic carbocycles. The van der Waals surface area contributed by atoms with Gasteiger partial charge in [0.15, 0.2) is 0 Å². The molecule has 0 saturated carbocycles. The molecule has 1 aromatic carbocycles. The summed E-state index contributed by atoms with van der Waals surface area (Å²) >= 11 is 0. The zero-order chi connectivity index (χ0) is 17.5. The fourth-order valence-corrected chi connectivity index (χ4v) is 6.21. The molecule has 1 aromatic heterocycles. The first-order valence-corrected chi connectivity index (χ1v) is 11.1. The molecule has 1 heterocycles. The average Bonchev–Trinajstić information content (AvgIpc) is 2.39. The molecule has 0 aliphatic rings. The highest BCUT2D eigenvalue weighted by Gasteiger charge is 2.50. The molecule has 10 heteroatoms. The van der Waals surface area contributed by atoms with Gasteiger partial charge in [-0.3, -0.25) is 4.79 Å². The topological polar surface area (TPSA) is 65.4 Å². The molecule has 23 heavy (non-hydrogen) atoms. The lowest BCUT2D eigenvalue weighted by Gasteiger charge is -2.24. The van der Waals surface area contributed by atoms with Crippen molar-refractivity contribution in [2.75, 3.05) is 0 Å². The molecule has 2 aromatic rings. The summed E-state index contributed by atoms with van der Waals surface area (Å²) in [6.07, 6.45) is -0.220. The summed E-state index contributed by atoms with van der Waals surface area (Å²) in [5.41, 5.74) is -5.41. The minimum absolute atomic E-state index is 0.220. The predicted octanol–water partition coefficient (Wildman–Crippen LogP) is 2.61. The van der Waals surface area contributed by atoms with Crippen molar-refractivity contribution in [3.05, 3.63) is 46.8 Å². The third kappa shape index (κ3) is 3.82. The highest BCUT2D eigenvalue weighted by Crippen LogP contribution is 2.28. The Kier molecular flexibility index (Phi) is 4.44. The lowest BCUT2D eigenvalue weighted by Crippen LogP contribution is -2.44. The summed E-state index contributed by atoms with van der Waals surface area (Å²) < 4.78 is 65.5. The number of alkyl halides is 3. The maximum absolute atomic E-state index is 12.5. The molecule has 0 N–H and O–H groups in total. The average molecular weight is 365 g/mol. The fraction of sp³-hybridized carbons (Fsp3) is 0.308. The van der Waals surface area contributed by atoms with E-state index in [9.17, 15) is 26.4 Å². The summed E-state index contributed by atoms with van der Waals surface area (Å²) in [7, 11) is -9.08. The van der Waals surface area contributed by atoms with Gasteiger partial charge in [-0.05, 0) is 30.6 Å². The van der Waals surface area contributed by atoms with Gasteiger partial charge in [0.05, 0.1) is 5.52 Å². The van der Waals surface area contributed by atoms with Crippen molar-refractivity contribution in [2.45, 2.75) is 24.8 Å². The first kappa shape index (κ1) is 17.7. The van der Waals surface area contributed by atoms with Gasteiger partial charge in [0.25, 0.3) is 5.56 Å². The Labute approximate surface area is 131 Å². The van der Waals surface area contributed by atoms with E-state index < -0.39 is 29.5 Å². The summed E-state index contributed by atoms with van der Waals surface area (Å²) in [5.74, 6) is 0. The molecule has 2 rings (SSSR count). The van der Waals surface area contributed by atoms with Crippen molar-refractivity contribution in [3.8, 4) is 0 Å². The van der Waals surface area contributed by atoms with Crippen LogP contribution in [0.3, 0.4) is 0 Å². The second kappa shape index (κ2) is 5.76. The quantitative estimate of drug-likeness (QED) is 0.617. The van der Waals surface area contributed by atoms with E-state index in [4.69, 9.17) is 0 Å². The first-order chi connectivity index (χ1) is 10.4. The standard InChI is InChI=1S/C13H14F3NO4SSi/c1-23(2,21-22(19,20)13(14,15)16)9-17-11-6-4-3-5-10(11)7-8-12(17)18/h3-8H,9H2,1-2H3. The number of hydrogen-bond donors (Lipinski definition) is 0. The van der Waals surface area contributed by atoms with Crippen LogP contribution in [0.2, 0.25) is 13.1 Å². The molecule has 0 saturated heterocycles. The molecular formula is C13H14F3NO4SSi. The summed E-state index contributed by atoms with van der Waals surface area (Å²) in [5, 5.41) is 0.718. The molecule has 0 unspecified atom stereocenters. The third-order valence-electron chi connectivity index (χ3n) is 3.06. The molecule has 0 aliphatic heterocycles. The van der Waals surface area contributed by atoms with Crippen LogP contribution in [0.4, 0.5) is 13.2 Å². The second-order valence-electron chi connectivity index (χ2n) is 5.56. The van der Waals surface area contributed by atoms with Crippen LogP contribution in [-0.2, 0) is 20.2 Å². The lowest BCUT2D eigenvalue weighted by molar-refractivity contribution is -0.0504. The molecule has 0 amide bonds. The van der Waals surface area contributed by atoms with E-state index >= 15 is 0 Å². The highest BCUT2D eigenvalue weighted by atomic mass is 32.2. The van der Waals surface area contributed by atoms with E-state index in [1.165, 1.54) is 23.7 Å². The summed E-state index contributed by atoms with van der Waals surface area (Å²) in [6, 6.07) is 9.69. The molecule has 0 spiro atoms. The number of halogens is 3. The molecule has 126 valence electrons. The Morgan fingerprint density at radius 2 is 1.74 bits per heavy atom. The van der Waals surface area contributed by atoms with Crippen LogP contribution in [-0.4, -0.2) is 26.8 Å². The van der Waals surface area contributed by atoms with Gasteiger partial charge in [0.1, 0.15) is 0 Å². The van der Waals surface area contributed by atoms with Crippen molar-refractivity contribution in [1.29, 1.82) is 0 Å². The highest BCUT2D eigenvalue weighted by molar-refractivity contribution is 7.88. The minimum atomic E-state index is -5.70. The van der Waals surface area contributed by atoms with E-state index in [1.54, 1.807) is 30.3 Å². The van der Waals surface area contributed by atoms with Crippen molar-refractivity contribution in [2.24, 2.45) is 0 Å². The Morgan fingerprint density at radius 3 is 2.35 bits per heavy atom. The third-order valence-corrected chi connectivity index (χ3v) is 7.38. The number of hydrogen-bond acceptors (Lipinski definition) is 4. The smallest absolute Gasteiger partial charge is 0.309 e. The van der Waals surface area contributed by atoms with Gasteiger partial charge in [-0.15, -0.1) is 0 Å². The first-order valence-electron chi connectivity index (χ1n) is 6.53. The Morgan fingerprint density at radius 1 is 1.13 bits per heavy atom. The van der Waals surface area contributed by atoms with E-state index in [0.29, 0.717) is 5.52 Å². The SMILES string of the molecule is C[Si](C)(Cn1c(=O)ccc2ccccc21)OS(=O)(=O)C(F)(F)F. The lowest BCUT2D eigenvalue weighted by atomic mass is 10.2. The van der Waals surface area contributed by atoms with E-state index in [2.05, 4.69) is 3.87 Å². The number of benzene rings is 1. The second-order valence-corrected chi connectivity index (χ2v) is 11.4. The van der Waals surface area contributed by atoms with E-state index in [-0.39, 0.29) is 6.17 Å². The molecule has 0 atom stereocenters. The molecule has 5 nitrogen and oxygen atoms in total. The Balaban J connectivity index is 2.42. The van der Waals surface area contributed by atoms with Gasteiger partial charge >= 0.3 is 15.6 Å². The fourth-order valence-electron chi connectivity index (χ4n) is 2.16. The van der Waals surface area contributed by atoms with Crippen LogP contribution in [0.25, 0.3) is 10.9 Å². The van der Waals surface area contributed by atoms with Crippen molar-refractivity contribution >= 4 is 29.3 Å². The zero-order valence-electron chi connectivity index (χ0n) is 12.3. The van der Waals surface area contributed by atoms with Crippen molar-refractivity contribution in [1.82, 2.24) is 4.57 Å². The van der Waals surface area contributed by atoms with E-state index in [1.807, 2.05) is 0 Å². The summed E-state index contributed by atoms with van der Waals surface area (Å²) in [6.45, 7) is 2.62. The largest absolute Gasteiger partial charge is 0.522 e. The number of aromatic nitrogens is 1. The number of rotatable bonds is 4. The van der Waals surface area contributed by atoms with Gasteiger partial charge in [0.2, 0.25) is 8.32 Å². The van der Waals surface area contributed by atoms with Crippen LogP contribution in [0.5, 0.6) is 0 Å². The van der Waals surface area contributed by atoms with Gasteiger partial charge < -0.3 is 8.44 Å². The Hall–Kier alpha value is -1.65. The van der Waals surface area contributed by atoms with Gasteiger partial charge in [-0.2, -0.15) is 21.6 Å². The van der Waals surface area contributed by atoms with Crippen LogP contribution < -0.4 is 5.56 Å². The molecular weight excluding hydrogens is 351 g/mol. The molecule has 0 fully saturated rings. The summed E-state index contributed by atoms with van der Waals surface area (Å²) in [4.78, 5) is 12.0. The van der Waals surface area contributed by atoms with Crippen LogP contribution in [0, 0.1) is 0 Å². The predicted molar refractivity (Wildman–Crippen MR) is 81.7 cm³/mol. The molecule has 0 bridgehead atoms. The number of fused-ring (bicyclic) bond motifs is 1. The zero-order valence-corrected chi connectivity index (χ0v) is 14.1. The minimum Gasteiger partial charge on any atom is -0.309 e. The number of nitrogens with zero attached hydrogens (tertiary/aromatic N) is 1. The van der Waals surface area contributed by atoms with Crippen LogP contribution >= 0.6 is 0 Å². The maximum Gasteiger partial charge on any atom is 0.522 e. The van der Waals surface area contributed by atoms with Gasteiger partial charge in [0, 0.05) is 12.2 Å². The van der Waals surface area contributed by atoms with Gasteiger partial charge in [-0.1, -0.05) is 18.2 Å². The van der Waals surface area contributed by atoms with Crippen LogP contribution in [0.15, 0.2) is 41.2 Å². The number of pyridine rings is 1. The van der Waals surface area contributed by atoms with Crippen LogP contribution in [0.1, 0.15) is 0 Å².